The monoisotopic (exact) mass is 484 g/mol. The molecule has 178 valence electrons. The second kappa shape index (κ2) is 9.46. The Kier molecular flexibility index (Phi) is 5.89. The Hall–Kier alpha value is -5.39. The fourth-order valence-corrected chi connectivity index (χ4v) is 3.36. The molecule has 0 unspecified atom stereocenters. The van der Waals surface area contributed by atoms with Crippen LogP contribution in [0.25, 0.3) is 16.7 Å². The van der Waals surface area contributed by atoms with Crippen molar-refractivity contribution in [2.45, 2.75) is 0 Å². The van der Waals surface area contributed by atoms with Crippen LogP contribution in [0.5, 0.6) is 11.5 Å². The number of ether oxygens (including phenoxy) is 1. The molecule has 4 heterocycles. The number of aromatic nitrogens is 6. The second-order valence-corrected chi connectivity index (χ2v) is 7.40. The molecule has 0 bridgehead atoms. The van der Waals surface area contributed by atoms with Crippen LogP contribution in [0.2, 0.25) is 0 Å². The third-order valence-electron chi connectivity index (χ3n) is 4.95. The predicted octanol–water partition coefficient (Wildman–Crippen LogP) is 3.70. The van der Waals surface area contributed by atoms with Gasteiger partial charge >= 0.3 is 0 Å². The van der Waals surface area contributed by atoms with Crippen molar-refractivity contribution < 1.29 is 13.9 Å². The Balaban J connectivity index is 1.67. The number of anilines is 3. The van der Waals surface area contributed by atoms with Crippen LogP contribution in [0.1, 0.15) is 0 Å². The highest BCUT2D eigenvalue weighted by Crippen LogP contribution is 2.25. The number of rotatable bonds is 7. The van der Waals surface area contributed by atoms with Crippen molar-refractivity contribution in [1.29, 1.82) is 0 Å². The van der Waals surface area contributed by atoms with Gasteiger partial charge in [0.1, 0.15) is 5.75 Å². The van der Waals surface area contributed by atoms with Crippen molar-refractivity contribution >= 4 is 34.3 Å². The topological polar surface area (TPSA) is 140 Å². The van der Waals surface area contributed by atoms with E-state index in [1.54, 1.807) is 36.7 Å². The third kappa shape index (κ3) is 4.63. The number of hydrogen-bond acceptors (Lipinski definition) is 8. The summed E-state index contributed by atoms with van der Waals surface area (Å²) >= 11 is 0. The molecule has 5 rings (SSSR count). The van der Waals surface area contributed by atoms with Crippen LogP contribution in [-0.4, -0.2) is 35.6 Å². The summed E-state index contributed by atoms with van der Waals surface area (Å²) in [6.07, 6.45) is 7.02. The van der Waals surface area contributed by atoms with Crippen molar-refractivity contribution in [2.75, 3.05) is 10.6 Å². The molecule has 0 atom stereocenters. The summed E-state index contributed by atoms with van der Waals surface area (Å²) in [7, 11) is 0. The molecule has 0 aliphatic carbocycles. The molecule has 1 amide bonds. The third-order valence-corrected chi connectivity index (χ3v) is 4.95. The molecular weight excluding hydrogens is 467 g/mol. The van der Waals surface area contributed by atoms with Crippen molar-refractivity contribution in [1.82, 2.24) is 29.7 Å². The van der Waals surface area contributed by atoms with E-state index in [-0.39, 0.29) is 23.1 Å². The van der Waals surface area contributed by atoms with E-state index >= 15 is 0 Å². The Morgan fingerprint density at radius 2 is 2.00 bits per heavy atom. The maximum Gasteiger partial charge on any atom is 0.299 e. The maximum atomic E-state index is 13.6. The summed E-state index contributed by atoms with van der Waals surface area (Å²) in [5.74, 6) is -0.743. The molecule has 1 aromatic carbocycles. The molecular formula is C24H17FN8O3. The van der Waals surface area contributed by atoms with Crippen LogP contribution >= 0.6 is 0 Å². The van der Waals surface area contributed by atoms with Gasteiger partial charge in [-0.15, -0.1) is 0 Å². The molecule has 0 fully saturated rings. The van der Waals surface area contributed by atoms with E-state index in [1.807, 2.05) is 0 Å². The normalized spacial score (nSPS) is 10.7. The van der Waals surface area contributed by atoms with Crippen LogP contribution in [-0.2, 0) is 4.79 Å². The summed E-state index contributed by atoms with van der Waals surface area (Å²) in [4.78, 5) is 37.8. The van der Waals surface area contributed by atoms with Gasteiger partial charge in [-0.3, -0.25) is 19.3 Å². The molecule has 0 aliphatic heterocycles. The van der Waals surface area contributed by atoms with Gasteiger partial charge in [0.15, 0.2) is 11.4 Å². The number of fused-ring (bicyclic) bond motifs is 1. The van der Waals surface area contributed by atoms with Gasteiger partial charge in [0.05, 0.1) is 23.8 Å². The first-order valence-corrected chi connectivity index (χ1v) is 10.5. The van der Waals surface area contributed by atoms with E-state index in [2.05, 4.69) is 42.4 Å². The molecule has 12 heteroatoms. The minimum atomic E-state index is -0.678. The summed E-state index contributed by atoms with van der Waals surface area (Å²) in [6.45, 7) is 3.45. The molecule has 0 spiro atoms. The molecule has 0 aliphatic rings. The first-order chi connectivity index (χ1) is 17.5. The molecule has 3 N–H and O–H groups in total. The number of benzene rings is 1. The largest absolute Gasteiger partial charge is 0.450 e. The van der Waals surface area contributed by atoms with Crippen LogP contribution in [0.3, 0.4) is 0 Å². The van der Waals surface area contributed by atoms with Crippen molar-refractivity contribution in [3.05, 3.63) is 96.2 Å². The number of nitrogens with one attached hydrogen (secondary N) is 3. The van der Waals surface area contributed by atoms with Crippen LogP contribution < -0.4 is 20.9 Å². The zero-order valence-electron chi connectivity index (χ0n) is 18.5. The number of hydrogen-bond donors (Lipinski definition) is 3. The molecule has 0 radical (unpaired) electrons. The molecule has 0 saturated heterocycles. The lowest BCUT2D eigenvalue weighted by Crippen LogP contribution is -2.21. The molecule has 4 aromatic heterocycles. The van der Waals surface area contributed by atoms with E-state index in [9.17, 15) is 14.0 Å². The summed E-state index contributed by atoms with van der Waals surface area (Å²) in [5.41, 5.74) is 1.20. The highest BCUT2D eigenvalue weighted by molar-refractivity contribution is 5.99. The Morgan fingerprint density at radius 3 is 2.75 bits per heavy atom. The lowest BCUT2D eigenvalue weighted by molar-refractivity contribution is -0.111. The van der Waals surface area contributed by atoms with Gasteiger partial charge in [-0.1, -0.05) is 12.6 Å². The van der Waals surface area contributed by atoms with E-state index in [0.29, 0.717) is 22.4 Å². The SMILES string of the molecule is C=CC(=O)Nc1cccc(-n2c(=O)c(Oc3ccc(F)nc3)cc3cnc(Nc4cn[nH]c4)nc32)c1. The first-order valence-electron chi connectivity index (χ1n) is 10.5. The molecule has 11 nitrogen and oxygen atoms in total. The average molecular weight is 484 g/mol. The van der Waals surface area contributed by atoms with Crippen LogP contribution in [0.15, 0.2) is 84.7 Å². The van der Waals surface area contributed by atoms with E-state index in [4.69, 9.17) is 4.74 Å². The summed E-state index contributed by atoms with van der Waals surface area (Å²) in [5, 5.41) is 12.7. The quantitative estimate of drug-likeness (QED) is 0.235. The van der Waals surface area contributed by atoms with Crippen molar-refractivity contribution in [3.8, 4) is 17.2 Å². The van der Waals surface area contributed by atoms with Crippen LogP contribution in [0, 0.1) is 5.95 Å². The number of carbonyl (C=O) groups is 1. The van der Waals surface area contributed by atoms with Gasteiger partial charge in [-0.05, 0) is 42.5 Å². The summed E-state index contributed by atoms with van der Waals surface area (Å²) < 4.78 is 20.3. The van der Waals surface area contributed by atoms with Gasteiger partial charge in [-0.25, -0.2) is 9.97 Å². The molecule has 5 aromatic rings. The smallest absolute Gasteiger partial charge is 0.299 e. The zero-order valence-corrected chi connectivity index (χ0v) is 18.5. The highest BCUT2D eigenvalue weighted by Gasteiger charge is 2.16. The molecule has 0 saturated carbocycles. The minimum absolute atomic E-state index is 0.0596. The zero-order chi connectivity index (χ0) is 25.1. The van der Waals surface area contributed by atoms with E-state index < -0.39 is 17.4 Å². The van der Waals surface area contributed by atoms with Crippen LogP contribution in [0.4, 0.5) is 21.7 Å². The predicted molar refractivity (Wildman–Crippen MR) is 130 cm³/mol. The Bertz CT molecular complexity index is 1630. The average Bonchev–Trinajstić information content (AvgIpc) is 3.39. The Morgan fingerprint density at radius 1 is 1.11 bits per heavy atom. The number of amides is 1. The number of halogens is 1. The minimum Gasteiger partial charge on any atom is -0.450 e. The molecule has 36 heavy (non-hydrogen) atoms. The lowest BCUT2D eigenvalue weighted by atomic mass is 10.2. The maximum absolute atomic E-state index is 13.6. The number of aromatic amines is 1. The van der Waals surface area contributed by atoms with Gasteiger partial charge in [-0.2, -0.15) is 14.5 Å². The standard InChI is InChI=1S/C24H17FN8O3/c1-2-21(34)30-15-4-3-5-17(9-15)33-22-14(10-27-24(32-22)31-16-11-28-29-12-16)8-19(23(33)35)36-18-6-7-20(25)26-13-18/h2-13H,1H2,(H,28,29)(H,30,34)(H,27,31,32). The van der Waals surface area contributed by atoms with Gasteiger partial charge in [0.25, 0.3) is 5.56 Å². The Labute approximate surface area is 202 Å². The van der Waals surface area contributed by atoms with Gasteiger partial charge < -0.3 is 15.4 Å². The number of nitrogens with zero attached hydrogens (tertiary/aromatic N) is 5. The highest BCUT2D eigenvalue weighted by atomic mass is 19.1. The fourth-order valence-electron chi connectivity index (χ4n) is 3.36. The number of carbonyl (C=O) groups excluding carboxylic acids is 1. The second-order valence-electron chi connectivity index (χ2n) is 7.40. The van der Waals surface area contributed by atoms with Gasteiger partial charge in [0, 0.05) is 23.5 Å². The van der Waals surface area contributed by atoms with E-state index in [1.165, 1.54) is 29.1 Å². The van der Waals surface area contributed by atoms with Crippen molar-refractivity contribution in [2.24, 2.45) is 0 Å². The number of H-pyrrole nitrogens is 1. The van der Waals surface area contributed by atoms with Gasteiger partial charge in [0.2, 0.25) is 17.8 Å². The fraction of sp³-hybridized carbons (Fsp3) is 0. The summed E-state index contributed by atoms with van der Waals surface area (Å²) in [6, 6.07) is 10.6. The van der Waals surface area contributed by atoms with E-state index in [0.717, 1.165) is 12.1 Å². The number of pyridine rings is 2. The lowest BCUT2D eigenvalue weighted by Gasteiger charge is -2.14. The van der Waals surface area contributed by atoms with Crippen molar-refractivity contribution in [3.63, 3.8) is 0 Å². The first kappa shape index (κ1) is 22.4.